The summed E-state index contributed by atoms with van der Waals surface area (Å²) in [6, 6.07) is 9.04. The van der Waals surface area contributed by atoms with Gasteiger partial charge in [-0.25, -0.2) is 4.39 Å². The second-order valence-corrected chi connectivity index (χ2v) is 5.40. The van der Waals surface area contributed by atoms with Gasteiger partial charge in [0.05, 0.1) is 0 Å². The van der Waals surface area contributed by atoms with Gasteiger partial charge in [0.2, 0.25) is 0 Å². The van der Waals surface area contributed by atoms with E-state index in [1.54, 1.807) is 24.3 Å². The molecule has 100 valence electrons. The third-order valence-corrected chi connectivity index (χ3v) is 3.84. The fraction of sp³-hybridized carbons (Fsp3) is 0.143. The molecule has 0 aliphatic rings. The van der Waals surface area contributed by atoms with Gasteiger partial charge in [-0.3, -0.25) is 0 Å². The summed E-state index contributed by atoms with van der Waals surface area (Å²) >= 11 is 18.2. The smallest absolute Gasteiger partial charge is 0.124 e. The third kappa shape index (κ3) is 3.40. The minimum Gasteiger partial charge on any atom is -0.324 e. The van der Waals surface area contributed by atoms with Gasteiger partial charge in [0.25, 0.3) is 0 Å². The van der Waals surface area contributed by atoms with Gasteiger partial charge in [0.15, 0.2) is 0 Å². The lowest BCUT2D eigenvalue weighted by atomic mass is 9.99. The molecule has 0 saturated heterocycles. The number of hydrogen-bond acceptors (Lipinski definition) is 1. The van der Waals surface area contributed by atoms with Crippen LogP contribution in [-0.4, -0.2) is 0 Å². The third-order valence-electron chi connectivity index (χ3n) is 2.83. The second-order valence-electron chi connectivity index (χ2n) is 4.18. The number of hydrogen-bond donors (Lipinski definition) is 1. The highest BCUT2D eigenvalue weighted by molar-refractivity contribution is 6.36. The highest BCUT2D eigenvalue weighted by Crippen LogP contribution is 2.32. The molecule has 0 fully saturated rings. The Morgan fingerprint density at radius 1 is 1.00 bits per heavy atom. The summed E-state index contributed by atoms with van der Waals surface area (Å²) < 4.78 is 13.0. The maximum Gasteiger partial charge on any atom is 0.124 e. The fourth-order valence-corrected chi connectivity index (χ4v) is 2.81. The monoisotopic (exact) mass is 317 g/mol. The molecule has 1 atom stereocenters. The Kier molecular flexibility index (Phi) is 4.69. The van der Waals surface area contributed by atoms with Crippen molar-refractivity contribution in [2.24, 2.45) is 5.73 Å². The van der Waals surface area contributed by atoms with Crippen molar-refractivity contribution in [1.82, 2.24) is 0 Å². The first kappa shape index (κ1) is 14.6. The molecule has 0 spiro atoms. The Balaban J connectivity index is 2.28. The predicted octanol–water partition coefficient (Wildman–Crippen LogP) is 5.03. The molecule has 5 heteroatoms. The molecule has 0 aromatic heterocycles. The van der Waals surface area contributed by atoms with Gasteiger partial charge in [0, 0.05) is 26.7 Å². The average Bonchev–Trinajstić information content (AvgIpc) is 2.32. The number of benzene rings is 2. The maximum absolute atomic E-state index is 13.0. The lowest BCUT2D eigenvalue weighted by molar-refractivity contribution is 0.625. The summed E-state index contributed by atoms with van der Waals surface area (Å²) in [5, 5.41) is 1.37. The van der Waals surface area contributed by atoms with Crippen LogP contribution in [0.2, 0.25) is 15.1 Å². The minimum atomic E-state index is -0.399. The van der Waals surface area contributed by atoms with Crippen LogP contribution in [0.3, 0.4) is 0 Å². The molecule has 0 bridgehead atoms. The molecular formula is C14H11Cl3FN. The Bertz CT molecular complexity index is 581. The Hall–Kier alpha value is -0.800. The van der Waals surface area contributed by atoms with Crippen LogP contribution in [0, 0.1) is 5.82 Å². The molecule has 0 aliphatic heterocycles. The highest BCUT2D eigenvalue weighted by Gasteiger charge is 2.16. The van der Waals surface area contributed by atoms with E-state index in [-0.39, 0.29) is 5.82 Å². The number of halogens is 4. The molecule has 1 nitrogen and oxygen atoms in total. The van der Waals surface area contributed by atoms with Crippen molar-refractivity contribution >= 4 is 34.8 Å². The van der Waals surface area contributed by atoms with E-state index in [2.05, 4.69) is 0 Å². The summed E-state index contributed by atoms with van der Waals surface area (Å²) in [6.45, 7) is 0. The molecule has 0 amide bonds. The molecule has 1 unspecified atom stereocenters. The van der Waals surface area contributed by atoms with E-state index < -0.39 is 6.04 Å². The molecule has 2 aromatic carbocycles. The van der Waals surface area contributed by atoms with E-state index in [0.29, 0.717) is 27.1 Å². The van der Waals surface area contributed by atoms with Crippen LogP contribution in [-0.2, 0) is 6.42 Å². The average molecular weight is 319 g/mol. The van der Waals surface area contributed by atoms with Crippen LogP contribution in [0.25, 0.3) is 0 Å². The van der Waals surface area contributed by atoms with Gasteiger partial charge in [0.1, 0.15) is 5.82 Å². The zero-order chi connectivity index (χ0) is 14.0. The number of nitrogens with two attached hydrogens (primary N) is 1. The molecule has 0 radical (unpaired) electrons. The van der Waals surface area contributed by atoms with Crippen LogP contribution in [0.1, 0.15) is 17.2 Å². The van der Waals surface area contributed by atoms with Crippen molar-refractivity contribution in [2.75, 3.05) is 0 Å². The van der Waals surface area contributed by atoms with Crippen molar-refractivity contribution in [3.63, 3.8) is 0 Å². The van der Waals surface area contributed by atoms with E-state index >= 15 is 0 Å². The van der Waals surface area contributed by atoms with Gasteiger partial charge < -0.3 is 5.73 Å². The van der Waals surface area contributed by atoms with Crippen LogP contribution in [0.4, 0.5) is 4.39 Å². The molecule has 0 aliphatic carbocycles. The molecule has 2 N–H and O–H groups in total. The van der Waals surface area contributed by atoms with E-state index in [0.717, 1.165) is 5.56 Å². The van der Waals surface area contributed by atoms with Crippen molar-refractivity contribution in [2.45, 2.75) is 12.5 Å². The number of rotatable bonds is 3. The zero-order valence-corrected chi connectivity index (χ0v) is 12.1. The summed E-state index contributed by atoms with van der Waals surface area (Å²) in [5.74, 6) is -0.377. The van der Waals surface area contributed by atoms with Crippen molar-refractivity contribution in [1.29, 1.82) is 0 Å². The fourth-order valence-electron chi connectivity index (χ4n) is 1.89. The van der Waals surface area contributed by atoms with E-state index in [1.807, 2.05) is 0 Å². The van der Waals surface area contributed by atoms with Crippen molar-refractivity contribution in [3.8, 4) is 0 Å². The lowest BCUT2D eigenvalue weighted by Crippen LogP contribution is -2.14. The normalized spacial score (nSPS) is 12.5. The lowest BCUT2D eigenvalue weighted by Gasteiger charge is -2.16. The Morgan fingerprint density at radius 2 is 1.63 bits per heavy atom. The van der Waals surface area contributed by atoms with Gasteiger partial charge in [-0.1, -0.05) is 46.9 Å². The summed E-state index contributed by atoms with van der Waals surface area (Å²) in [4.78, 5) is 0. The molecule has 19 heavy (non-hydrogen) atoms. The standard InChI is InChI=1S/C14H11Cl3FN/c15-10-2-1-3-11(16)14(10)13(19)6-8-4-5-9(18)7-12(8)17/h1-5,7,13H,6,19H2. The summed E-state index contributed by atoms with van der Waals surface area (Å²) in [5.41, 5.74) is 7.54. The van der Waals surface area contributed by atoms with Crippen LogP contribution >= 0.6 is 34.8 Å². The van der Waals surface area contributed by atoms with Crippen LogP contribution in [0.15, 0.2) is 36.4 Å². The molecular weight excluding hydrogens is 308 g/mol. The highest BCUT2D eigenvalue weighted by atomic mass is 35.5. The molecule has 2 aromatic rings. The van der Waals surface area contributed by atoms with Crippen molar-refractivity contribution in [3.05, 3.63) is 68.4 Å². The molecule has 2 rings (SSSR count). The second kappa shape index (κ2) is 6.10. The van der Waals surface area contributed by atoms with E-state index in [4.69, 9.17) is 40.5 Å². The zero-order valence-electron chi connectivity index (χ0n) is 9.84. The van der Waals surface area contributed by atoms with Crippen molar-refractivity contribution < 1.29 is 4.39 Å². The van der Waals surface area contributed by atoms with E-state index in [1.165, 1.54) is 12.1 Å². The Labute approximate surface area is 126 Å². The molecule has 0 saturated carbocycles. The van der Waals surface area contributed by atoms with Gasteiger partial charge >= 0.3 is 0 Å². The first-order valence-electron chi connectivity index (χ1n) is 5.62. The largest absolute Gasteiger partial charge is 0.324 e. The van der Waals surface area contributed by atoms with Gasteiger partial charge in [-0.15, -0.1) is 0 Å². The topological polar surface area (TPSA) is 26.0 Å². The maximum atomic E-state index is 13.0. The SMILES string of the molecule is NC(Cc1ccc(F)cc1Cl)c1c(Cl)cccc1Cl. The summed E-state index contributed by atoms with van der Waals surface area (Å²) in [7, 11) is 0. The van der Waals surface area contributed by atoms with E-state index in [9.17, 15) is 4.39 Å². The quantitative estimate of drug-likeness (QED) is 0.844. The first-order valence-corrected chi connectivity index (χ1v) is 6.76. The van der Waals surface area contributed by atoms with Gasteiger partial charge in [-0.2, -0.15) is 0 Å². The minimum absolute atomic E-state index is 0.346. The predicted molar refractivity (Wildman–Crippen MR) is 78.5 cm³/mol. The van der Waals surface area contributed by atoms with Gasteiger partial charge in [-0.05, 0) is 36.2 Å². The summed E-state index contributed by atoms with van der Waals surface area (Å²) in [6.07, 6.45) is 0.433. The van der Waals surface area contributed by atoms with Crippen LogP contribution in [0.5, 0.6) is 0 Å². The Morgan fingerprint density at radius 3 is 2.21 bits per heavy atom. The molecule has 0 heterocycles. The van der Waals surface area contributed by atoms with Crippen LogP contribution < -0.4 is 5.73 Å². The first-order chi connectivity index (χ1) is 8.99.